The van der Waals surface area contributed by atoms with E-state index >= 15 is 0 Å². The van der Waals surface area contributed by atoms with Gasteiger partial charge < -0.3 is 10.2 Å². The summed E-state index contributed by atoms with van der Waals surface area (Å²) in [6.07, 6.45) is 0. The Hall–Kier alpha value is -2.03. The molecule has 0 fully saturated rings. The van der Waals surface area contributed by atoms with E-state index in [0.29, 0.717) is 11.8 Å². The maximum absolute atomic E-state index is 12.6. The van der Waals surface area contributed by atoms with Crippen molar-refractivity contribution in [2.75, 3.05) is 18.4 Å². The lowest BCUT2D eigenvalue weighted by Gasteiger charge is -2.26. The second-order valence-electron chi connectivity index (χ2n) is 6.65. The third kappa shape index (κ3) is 4.23. The number of benzene rings is 2. The predicted octanol–water partition coefficient (Wildman–Crippen LogP) is 4.99. The number of anilines is 1. The number of fused-ring (bicyclic) bond motifs is 1. The van der Waals surface area contributed by atoms with Crippen LogP contribution < -0.4 is 5.32 Å². The van der Waals surface area contributed by atoms with Crippen molar-refractivity contribution in [3.05, 3.63) is 42.5 Å². The molecule has 118 valence electrons. The van der Waals surface area contributed by atoms with Crippen LogP contribution in [0.5, 0.6) is 0 Å². The summed E-state index contributed by atoms with van der Waals surface area (Å²) >= 11 is 0. The minimum absolute atomic E-state index is 0.0150. The Morgan fingerprint density at radius 3 is 2.18 bits per heavy atom. The molecule has 1 N–H and O–H groups in total. The van der Waals surface area contributed by atoms with Crippen molar-refractivity contribution in [1.29, 1.82) is 0 Å². The van der Waals surface area contributed by atoms with E-state index in [1.165, 1.54) is 0 Å². The summed E-state index contributed by atoms with van der Waals surface area (Å²) in [5, 5.41) is 5.30. The molecule has 2 aromatic carbocycles. The first-order chi connectivity index (χ1) is 10.5. The fourth-order valence-corrected chi connectivity index (χ4v) is 2.65. The van der Waals surface area contributed by atoms with Crippen LogP contribution in [0, 0.1) is 11.8 Å². The molecule has 2 amide bonds. The molecule has 0 spiro atoms. The van der Waals surface area contributed by atoms with E-state index in [0.717, 1.165) is 29.5 Å². The lowest BCUT2D eigenvalue weighted by Crippen LogP contribution is -2.39. The average Bonchev–Trinajstić information content (AvgIpc) is 2.46. The van der Waals surface area contributed by atoms with Crippen LogP contribution in [0.4, 0.5) is 10.5 Å². The SMILES string of the molecule is CC(C)CN(CC(C)C)C(=O)Nc1cccc2ccccc12. The van der Waals surface area contributed by atoms with Crippen LogP contribution in [0.3, 0.4) is 0 Å². The molecule has 0 atom stereocenters. The smallest absolute Gasteiger partial charge is 0.321 e. The number of amides is 2. The van der Waals surface area contributed by atoms with E-state index in [1.54, 1.807) is 0 Å². The number of urea groups is 1. The van der Waals surface area contributed by atoms with Crippen LogP contribution in [0.25, 0.3) is 10.8 Å². The second-order valence-corrected chi connectivity index (χ2v) is 6.65. The second kappa shape index (κ2) is 7.30. The van der Waals surface area contributed by atoms with Crippen LogP contribution in [0.2, 0.25) is 0 Å². The Labute approximate surface area is 133 Å². The first-order valence-electron chi connectivity index (χ1n) is 8.01. The molecular formula is C19H26N2O. The molecule has 2 aromatic rings. The predicted molar refractivity (Wildman–Crippen MR) is 94.2 cm³/mol. The molecule has 0 saturated carbocycles. The summed E-state index contributed by atoms with van der Waals surface area (Å²) in [4.78, 5) is 14.6. The molecule has 2 rings (SSSR count). The lowest BCUT2D eigenvalue weighted by atomic mass is 10.1. The molecule has 0 aliphatic rings. The molecule has 0 aliphatic heterocycles. The van der Waals surface area contributed by atoms with Crippen LogP contribution in [-0.4, -0.2) is 24.0 Å². The van der Waals surface area contributed by atoms with Gasteiger partial charge in [0, 0.05) is 18.5 Å². The maximum Gasteiger partial charge on any atom is 0.321 e. The maximum atomic E-state index is 12.6. The monoisotopic (exact) mass is 298 g/mol. The Kier molecular flexibility index (Phi) is 5.42. The van der Waals surface area contributed by atoms with Gasteiger partial charge >= 0.3 is 6.03 Å². The first-order valence-corrected chi connectivity index (χ1v) is 8.01. The topological polar surface area (TPSA) is 32.3 Å². The number of hydrogen-bond acceptors (Lipinski definition) is 1. The van der Waals surface area contributed by atoms with E-state index < -0.39 is 0 Å². The lowest BCUT2D eigenvalue weighted by molar-refractivity contribution is 0.197. The van der Waals surface area contributed by atoms with Crippen molar-refractivity contribution in [1.82, 2.24) is 4.90 Å². The zero-order valence-electron chi connectivity index (χ0n) is 14.0. The van der Waals surface area contributed by atoms with Gasteiger partial charge in [0.15, 0.2) is 0 Å². The highest BCUT2D eigenvalue weighted by Gasteiger charge is 2.17. The van der Waals surface area contributed by atoms with Gasteiger partial charge in [-0.15, -0.1) is 0 Å². The number of carbonyl (C=O) groups is 1. The van der Waals surface area contributed by atoms with Gasteiger partial charge in [-0.25, -0.2) is 4.79 Å². The Morgan fingerprint density at radius 1 is 0.955 bits per heavy atom. The average molecular weight is 298 g/mol. The summed E-state index contributed by atoms with van der Waals surface area (Å²) in [6.45, 7) is 10.1. The zero-order chi connectivity index (χ0) is 16.1. The van der Waals surface area contributed by atoms with Crippen LogP contribution in [0.15, 0.2) is 42.5 Å². The van der Waals surface area contributed by atoms with Gasteiger partial charge in [-0.05, 0) is 23.3 Å². The quantitative estimate of drug-likeness (QED) is 0.829. The third-order valence-corrected chi connectivity index (χ3v) is 3.49. The van der Waals surface area contributed by atoms with Crippen molar-refractivity contribution < 1.29 is 4.79 Å². The molecule has 3 heteroatoms. The summed E-state index contributed by atoms with van der Waals surface area (Å²) in [5.41, 5.74) is 0.876. The van der Waals surface area contributed by atoms with Gasteiger partial charge in [-0.1, -0.05) is 64.1 Å². The molecule has 0 aliphatic carbocycles. The van der Waals surface area contributed by atoms with Crippen molar-refractivity contribution >= 4 is 22.5 Å². The molecule has 3 nitrogen and oxygen atoms in total. The van der Waals surface area contributed by atoms with E-state index in [1.807, 2.05) is 35.2 Å². The minimum Gasteiger partial charge on any atom is -0.324 e. The van der Waals surface area contributed by atoms with Crippen molar-refractivity contribution in [2.45, 2.75) is 27.7 Å². The Balaban J connectivity index is 2.20. The van der Waals surface area contributed by atoms with Crippen LogP contribution in [-0.2, 0) is 0 Å². The fourth-order valence-electron chi connectivity index (χ4n) is 2.65. The van der Waals surface area contributed by atoms with E-state index in [4.69, 9.17) is 0 Å². The van der Waals surface area contributed by atoms with E-state index in [9.17, 15) is 4.79 Å². The highest BCUT2D eigenvalue weighted by atomic mass is 16.2. The third-order valence-electron chi connectivity index (χ3n) is 3.49. The molecule has 0 aromatic heterocycles. The number of hydrogen-bond donors (Lipinski definition) is 1. The fraction of sp³-hybridized carbons (Fsp3) is 0.421. The summed E-state index contributed by atoms with van der Waals surface area (Å²) in [7, 11) is 0. The van der Waals surface area contributed by atoms with Crippen molar-refractivity contribution in [3.63, 3.8) is 0 Å². The van der Waals surface area contributed by atoms with Crippen LogP contribution in [0.1, 0.15) is 27.7 Å². The van der Waals surface area contributed by atoms with Gasteiger partial charge in [0.05, 0.1) is 5.69 Å². The summed E-state index contributed by atoms with van der Waals surface area (Å²) in [6, 6.07) is 14.1. The number of nitrogens with one attached hydrogen (secondary N) is 1. The van der Waals surface area contributed by atoms with Gasteiger partial charge in [0.2, 0.25) is 0 Å². The van der Waals surface area contributed by atoms with Gasteiger partial charge in [0.25, 0.3) is 0 Å². The highest BCUT2D eigenvalue weighted by Crippen LogP contribution is 2.23. The van der Waals surface area contributed by atoms with E-state index in [-0.39, 0.29) is 6.03 Å². The molecule has 0 radical (unpaired) electrons. The minimum atomic E-state index is -0.0150. The highest BCUT2D eigenvalue weighted by molar-refractivity contribution is 6.01. The Bertz CT molecular complexity index is 619. The first kappa shape index (κ1) is 16.3. The summed E-state index contributed by atoms with van der Waals surface area (Å²) in [5.74, 6) is 0.911. The number of rotatable bonds is 5. The molecule has 0 bridgehead atoms. The van der Waals surface area contributed by atoms with Crippen LogP contribution >= 0.6 is 0 Å². The standard InChI is InChI=1S/C19H26N2O/c1-14(2)12-21(13-15(3)4)19(22)20-18-11-7-9-16-8-5-6-10-17(16)18/h5-11,14-15H,12-13H2,1-4H3,(H,20,22). The largest absolute Gasteiger partial charge is 0.324 e. The van der Waals surface area contributed by atoms with Gasteiger partial charge in [0.1, 0.15) is 0 Å². The van der Waals surface area contributed by atoms with Crippen molar-refractivity contribution in [3.8, 4) is 0 Å². The summed E-state index contributed by atoms with van der Waals surface area (Å²) < 4.78 is 0. The zero-order valence-corrected chi connectivity index (χ0v) is 14.0. The molecule has 0 saturated heterocycles. The van der Waals surface area contributed by atoms with Crippen molar-refractivity contribution in [2.24, 2.45) is 11.8 Å². The normalized spacial score (nSPS) is 11.2. The van der Waals surface area contributed by atoms with Gasteiger partial charge in [-0.3, -0.25) is 0 Å². The molecule has 0 heterocycles. The molecular weight excluding hydrogens is 272 g/mol. The Morgan fingerprint density at radius 2 is 1.55 bits per heavy atom. The molecule has 0 unspecified atom stereocenters. The van der Waals surface area contributed by atoms with E-state index in [2.05, 4.69) is 45.1 Å². The van der Waals surface area contributed by atoms with Gasteiger partial charge in [-0.2, -0.15) is 0 Å². The molecule has 22 heavy (non-hydrogen) atoms. The number of nitrogens with zero attached hydrogens (tertiary/aromatic N) is 1. The number of carbonyl (C=O) groups excluding carboxylic acids is 1.